The Morgan fingerprint density at radius 2 is 2.04 bits per heavy atom. The van der Waals surface area contributed by atoms with Crippen LogP contribution in [0.2, 0.25) is 0 Å². The van der Waals surface area contributed by atoms with Crippen LogP contribution in [0.3, 0.4) is 0 Å². The van der Waals surface area contributed by atoms with Gasteiger partial charge in [-0.3, -0.25) is 0 Å². The van der Waals surface area contributed by atoms with E-state index >= 15 is 0 Å². The number of esters is 1. The topological polar surface area (TPSA) is 65.2 Å². The number of hydrogen-bond acceptors (Lipinski definition) is 5. The number of carbonyl (C=O) groups is 1. The zero-order valence-electron chi connectivity index (χ0n) is 12.8. The first-order valence-corrected chi connectivity index (χ1v) is 7.88. The predicted molar refractivity (Wildman–Crippen MR) is 83.7 cm³/mol. The van der Waals surface area contributed by atoms with E-state index in [4.69, 9.17) is 10.5 Å². The van der Waals surface area contributed by atoms with Crippen molar-refractivity contribution >= 4 is 17.7 Å². The van der Waals surface area contributed by atoms with Crippen molar-refractivity contribution in [2.45, 2.75) is 29.6 Å². The average Bonchev–Trinajstić information content (AvgIpc) is 2.54. The minimum atomic E-state index is -4.55. The van der Waals surface area contributed by atoms with E-state index in [0.717, 1.165) is 17.8 Å². The molecule has 0 aliphatic rings. The molecule has 2 rings (SSSR count). The Bertz CT molecular complexity index is 736. The van der Waals surface area contributed by atoms with Crippen molar-refractivity contribution in [3.05, 3.63) is 53.2 Å². The van der Waals surface area contributed by atoms with E-state index in [1.54, 1.807) is 31.2 Å². The first kappa shape index (κ1) is 18.3. The predicted octanol–water partition coefficient (Wildman–Crippen LogP) is 3.89. The Morgan fingerprint density at radius 3 is 2.67 bits per heavy atom. The molecule has 0 aliphatic heterocycles. The van der Waals surface area contributed by atoms with Gasteiger partial charge in [-0.1, -0.05) is 17.8 Å². The van der Waals surface area contributed by atoms with Crippen LogP contribution in [-0.4, -0.2) is 17.6 Å². The SMILES string of the molecule is CCOC(=O)c1cccc(Sc2cc(CN)cc(C(F)(F)F)n2)c1. The van der Waals surface area contributed by atoms with Crippen LogP contribution in [0.4, 0.5) is 13.2 Å². The highest BCUT2D eigenvalue weighted by molar-refractivity contribution is 7.99. The third-order valence-corrected chi connectivity index (χ3v) is 3.86. The Hall–Kier alpha value is -2.06. The van der Waals surface area contributed by atoms with Crippen LogP contribution in [-0.2, 0) is 17.5 Å². The van der Waals surface area contributed by atoms with Gasteiger partial charge in [-0.05, 0) is 42.8 Å². The molecule has 1 heterocycles. The lowest BCUT2D eigenvalue weighted by Crippen LogP contribution is -2.10. The lowest BCUT2D eigenvalue weighted by molar-refractivity contribution is -0.141. The van der Waals surface area contributed by atoms with Gasteiger partial charge in [0.05, 0.1) is 12.2 Å². The zero-order chi connectivity index (χ0) is 17.7. The first-order valence-electron chi connectivity index (χ1n) is 7.06. The number of alkyl halides is 3. The van der Waals surface area contributed by atoms with Crippen LogP contribution < -0.4 is 5.73 Å². The number of nitrogens with zero attached hydrogens (tertiary/aromatic N) is 1. The van der Waals surface area contributed by atoms with E-state index in [1.165, 1.54) is 6.07 Å². The van der Waals surface area contributed by atoms with Crippen LogP contribution in [0.5, 0.6) is 0 Å². The van der Waals surface area contributed by atoms with E-state index in [9.17, 15) is 18.0 Å². The van der Waals surface area contributed by atoms with E-state index in [-0.39, 0.29) is 18.2 Å². The summed E-state index contributed by atoms with van der Waals surface area (Å²) in [6.45, 7) is 1.91. The minimum absolute atomic E-state index is 0.0258. The number of benzene rings is 1. The number of pyridine rings is 1. The van der Waals surface area contributed by atoms with Gasteiger partial charge in [0.25, 0.3) is 0 Å². The fraction of sp³-hybridized carbons (Fsp3) is 0.250. The molecule has 128 valence electrons. The molecule has 0 saturated carbocycles. The summed E-state index contributed by atoms with van der Waals surface area (Å²) in [6.07, 6.45) is -4.55. The second-order valence-corrected chi connectivity index (χ2v) is 5.84. The van der Waals surface area contributed by atoms with Gasteiger partial charge in [0.1, 0.15) is 10.7 Å². The summed E-state index contributed by atoms with van der Waals surface area (Å²) in [6, 6.07) is 8.86. The van der Waals surface area contributed by atoms with Gasteiger partial charge in [-0.25, -0.2) is 9.78 Å². The molecule has 2 aromatic rings. The molecule has 0 amide bonds. The van der Waals surface area contributed by atoms with E-state index in [2.05, 4.69) is 4.98 Å². The first-order chi connectivity index (χ1) is 11.3. The number of rotatable bonds is 5. The summed E-state index contributed by atoms with van der Waals surface area (Å²) >= 11 is 1.02. The Morgan fingerprint density at radius 1 is 1.29 bits per heavy atom. The lowest BCUT2D eigenvalue weighted by atomic mass is 10.2. The summed E-state index contributed by atoms with van der Waals surface area (Å²) in [4.78, 5) is 15.9. The molecule has 2 N–H and O–H groups in total. The molecule has 0 bridgehead atoms. The fourth-order valence-electron chi connectivity index (χ4n) is 1.90. The highest BCUT2D eigenvalue weighted by Crippen LogP contribution is 2.33. The second kappa shape index (κ2) is 7.67. The Balaban J connectivity index is 2.31. The molecular formula is C16H15F3N2O2S. The van der Waals surface area contributed by atoms with Gasteiger partial charge in [-0.15, -0.1) is 0 Å². The van der Waals surface area contributed by atoms with Crippen molar-refractivity contribution in [1.29, 1.82) is 0 Å². The van der Waals surface area contributed by atoms with Crippen molar-refractivity contribution < 1.29 is 22.7 Å². The number of hydrogen-bond donors (Lipinski definition) is 1. The maximum atomic E-state index is 12.9. The molecule has 8 heteroatoms. The van der Waals surface area contributed by atoms with E-state index < -0.39 is 17.8 Å². The summed E-state index contributed by atoms with van der Waals surface area (Å²) in [5, 5.41) is 0.159. The standard InChI is InChI=1S/C16H15F3N2O2S/c1-2-23-15(22)11-4-3-5-12(8-11)24-14-7-10(9-20)6-13(21-14)16(17,18)19/h3-8H,2,9,20H2,1H3. The summed E-state index contributed by atoms with van der Waals surface area (Å²) < 4.78 is 43.6. The van der Waals surface area contributed by atoms with Gasteiger partial charge < -0.3 is 10.5 Å². The Labute approximate surface area is 141 Å². The zero-order valence-corrected chi connectivity index (χ0v) is 13.6. The van der Waals surface area contributed by atoms with Crippen LogP contribution in [0.1, 0.15) is 28.5 Å². The molecule has 0 spiro atoms. The number of aromatic nitrogens is 1. The average molecular weight is 356 g/mol. The molecule has 1 aromatic carbocycles. The van der Waals surface area contributed by atoms with Gasteiger partial charge in [-0.2, -0.15) is 13.2 Å². The number of carbonyl (C=O) groups excluding carboxylic acids is 1. The molecule has 0 aliphatic carbocycles. The van der Waals surface area contributed by atoms with Crippen molar-refractivity contribution in [2.75, 3.05) is 6.61 Å². The van der Waals surface area contributed by atoms with Gasteiger partial charge in [0, 0.05) is 11.4 Å². The van der Waals surface area contributed by atoms with Crippen molar-refractivity contribution in [3.63, 3.8) is 0 Å². The van der Waals surface area contributed by atoms with Crippen LogP contribution >= 0.6 is 11.8 Å². The second-order valence-electron chi connectivity index (χ2n) is 4.75. The largest absolute Gasteiger partial charge is 0.462 e. The number of nitrogens with two attached hydrogens (primary N) is 1. The van der Waals surface area contributed by atoms with Crippen LogP contribution in [0.25, 0.3) is 0 Å². The van der Waals surface area contributed by atoms with Gasteiger partial charge >= 0.3 is 12.1 Å². The third kappa shape index (κ3) is 4.72. The monoisotopic (exact) mass is 356 g/mol. The molecule has 0 saturated heterocycles. The van der Waals surface area contributed by atoms with Gasteiger partial charge in [0.2, 0.25) is 0 Å². The van der Waals surface area contributed by atoms with Crippen molar-refractivity contribution in [1.82, 2.24) is 4.98 Å². The maximum Gasteiger partial charge on any atom is 0.433 e. The highest BCUT2D eigenvalue weighted by atomic mass is 32.2. The lowest BCUT2D eigenvalue weighted by Gasteiger charge is -2.10. The van der Waals surface area contributed by atoms with E-state index in [1.807, 2.05) is 0 Å². The number of ether oxygens (including phenoxy) is 1. The normalized spacial score (nSPS) is 11.4. The van der Waals surface area contributed by atoms with Crippen LogP contribution in [0.15, 0.2) is 46.3 Å². The maximum absolute atomic E-state index is 12.9. The minimum Gasteiger partial charge on any atom is -0.462 e. The molecule has 0 atom stereocenters. The third-order valence-electron chi connectivity index (χ3n) is 2.96. The molecule has 1 aromatic heterocycles. The van der Waals surface area contributed by atoms with Crippen molar-refractivity contribution in [2.24, 2.45) is 5.73 Å². The molecule has 0 unspecified atom stereocenters. The highest BCUT2D eigenvalue weighted by Gasteiger charge is 2.33. The quantitative estimate of drug-likeness (QED) is 0.824. The summed E-state index contributed by atoms with van der Waals surface area (Å²) in [7, 11) is 0. The fourth-order valence-corrected chi connectivity index (χ4v) is 2.82. The van der Waals surface area contributed by atoms with Crippen molar-refractivity contribution in [3.8, 4) is 0 Å². The smallest absolute Gasteiger partial charge is 0.433 e. The molecular weight excluding hydrogens is 341 g/mol. The van der Waals surface area contributed by atoms with Gasteiger partial charge in [0.15, 0.2) is 0 Å². The van der Waals surface area contributed by atoms with Crippen LogP contribution in [0, 0.1) is 0 Å². The molecule has 0 fully saturated rings. The summed E-state index contributed by atoms with van der Waals surface area (Å²) in [5.74, 6) is -0.486. The van der Waals surface area contributed by atoms with E-state index in [0.29, 0.717) is 16.0 Å². The molecule has 4 nitrogen and oxygen atoms in total. The molecule has 0 radical (unpaired) electrons. The Kier molecular flexibility index (Phi) is 5.84. The molecule has 24 heavy (non-hydrogen) atoms. The number of halogens is 3. The summed E-state index contributed by atoms with van der Waals surface area (Å²) in [5.41, 5.74) is 5.13.